The molecule has 4 heterocycles. The van der Waals surface area contributed by atoms with Crippen molar-refractivity contribution in [1.29, 1.82) is 0 Å². The van der Waals surface area contributed by atoms with Crippen LogP contribution in [-0.2, 0) is 31.9 Å². The molecular formula is C17H18N8O3S. The van der Waals surface area contributed by atoms with Crippen molar-refractivity contribution < 1.29 is 4.79 Å². The Balaban J connectivity index is 1.41. The SMILES string of the molecule is Cn1c(=O)c2c(ncn2CC(=O)NCCc2csc(-n3cccn3)n2)n(C)c1=O. The maximum atomic E-state index is 12.4. The van der Waals surface area contributed by atoms with E-state index in [1.165, 1.54) is 40.9 Å². The van der Waals surface area contributed by atoms with Crippen LogP contribution >= 0.6 is 11.3 Å². The minimum absolute atomic E-state index is 0.0699. The molecule has 0 fully saturated rings. The summed E-state index contributed by atoms with van der Waals surface area (Å²) in [6, 6.07) is 1.83. The van der Waals surface area contributed by atoms with Crippen molar-refractivity contribution in [1.82, 2.24) is 38.8 Å². The molecular weight excluding hydrogens is 396 g/mol. The zero-order valence-electron chi connectivity index (χ0n) is 15.8. The summed E-state index contributed by atoms with van der Waals surface area (Å²) in [7, 11) is 2.93. The van der Waals surface area contributed by atoms with Crippen LogP contribution < -0.4 is 16.6 Å². The van der Waals surface area contributed by atoms with E-state index in [-0.39, 0.29) is 23.6 Å². The zero-order valence-corrected chi connectivity index (χ0v) is 16.6. The highest BCUT2D eigenvalue weighted by molar-refractivity contribution is 7.12. The molecule has 0 aliphatic rings. The molecule has 0 saturated heterocycles. The van der Waals surface area contributed by atoms with Gasteiger partial charge in [-0.05, 0) is 6.07 Å². The monoisotopic (exact) mass is 414 g/mol. The quantitative estimate of drug-likeness (QED) is 0.451. The second kappa shape index (κ2) is 7.47. The first-order valence-corrected chi connectivity index (χ1v) is 9.65. The molecule has 4 rings (SSSR count). The minimum Gasteiger partial charge on any atom is -0.354 e. The molecule has 1 N–H and O–H groups in total. The van der Waals surface area contributed by atoms with Gasteiger partial charge in [-0.1, -0.05) is 0 Å². The van der Waals surface area contributed by atoms with Crippen LogP contribution in [0.3, 0.4) is 0 Å². The van der Waals surface area contributed by atoms with Crippen LogP contribution in [-0.4, -0.2) is 45.9 Å². The lowest BCUT2D eigenvalue weighted by molar-refractivity contribution is -0.121. The van der Waals surface area contributed by atoms with E-state index in [0.717, 1.165) is 15.4 Å². The van der Waals surface area contributed by atoms with Gasteiger partial charge in [-0.15, -0.1) is 11.3 Å². The molecule has 4 aromatic heterocycles. The fourth-order valence-electron chi connectivity index (χ4n) is 2.96. The Labute approximate surface area is 167 Å². The van der Waals surface area contributed by atoms with E-state index in [0.29, 0.717) is 13.0 Å². The number of aryl methyl sites for hydroxylation is 1. The highest BCUT2D eigenvalue weighted by Crippen LogP contribution is 2.13. The third-order valence-electron chi connectivity index (χ3n) is 4.47. The number of thiazole rings is 1. The van der Waals surface area contributed by atoms with E-state index in [4.69, 9.17) is 0 Å². The molecule has 0 bridgehead atoms. The Morgan fingerprint density at radius 1 is 1.24 bits per heavy atom. The molecule has 0 saturated carbocycles. The first-order chi connectivity index (χ1) is 14.0. The van der Waals surface area contributed by atoms with Crippen LogP contribution in [0, 0.1) is 0 Å². The molecule has 12 heteroatoms. The molecule has 0 aromatic carbocycles. The van der Waals surface area contributed by atoms with Crippen LogP contribution in [0.4, 0.5) is 0 Å². The normalized spacial score (nSPS) is 11.2. The first-order valence-electron chi connectivity index (χ1n) is 8.77. The first kappa shape index (κ1) is 18.8. The van der Waals surface area contributed by atoms with Gasteiger partial charge in [0.05, 0.1) is 12.0 Å². The lowest BCUT2D eigenvalue weighted by atomic mass is 10.3. The van der Waals surface area contributed by atoms with Crippen molar-refractivity contribution in [2.75, 3.05) is 6.54 Å². The van der Waals surface area contributed by atoms with Crippen molar-refractivity contribution in [3.63, 3.8) is 0 Å². The van der Waals surface area contributed by atoms with Gasteiger partial charge in [0, 0.05) is 44.8 Å². The predicted molar refractivity (Wildman–Crippen MR) is 106 cm³/mol. The summed E-state index contributed by atoms with van der Waals surface area (Å²) in [5.41, 5.74) is 0.377. The maximum absolute atomic E-state index is 12.4. The van der Waals surface area contributed by atoms with Gasteiger partial charge in [-0.2, -0.15) is 5.10 Å². The van der Waals surface area contributed by atoms with Gasteiger partial charge < -0.3 is 9.88 Å². The van der Waals surface area contributed by atoms with Gasteiger partial charge in [0.15, 0.2) is 11.2 Å². The Morgan fingerprint density at radius 2 is 2.07 bits per heavy atom. The number of amides is 1. The number of nitrogens with zero attached hydrogens (tertiary/aromatic N) is 7. The Bertz CT molecular complexity index is 1290. The van der Waals surface area contributed by atoms with Gasteiger partial charge in [-0.3, -0.25) is 18.7 Å². The minimum atomic E-state index is -0.484. The average molecular weight is 414 g/mol. The molecule has 150 valence electrons. The summed E-state index contributed by atoms with van der Waals surface area (Å²) in [6.07, 6.45) is 5.47. The number of hydrogen-bond donors (Lipinski definition) is 1. The summed E-state index contributed by atoms with van der Waals surface area (Å²) in [5.74, 6) is -0.261. The van der Waals surface area contributed by atoms with E-state index in [9.17, 15) is 14.4 Å². The van der Waals surface area contributed by atoms with Gasteiger partial charge >= 0.3 is 5.69 Å². The highest BCUT2D eigenvalue weighted by atomic mass is 32.1. The van der Waals surface area contributed by atoms with E-state index in [2.05, 4.69) is 20.4 Å². The van der Waals surface area contributed by atoms with Crippen LogP contribution in [0.15, 0.2) is 39.8 Å². The van der Waals surface area contributed by atoms with Crippen molar-refractivity contribution in [2.24, 2.45) is 14.1 Å². The predicted octanol–water partition coefficient (Wildman–Crippen LogP) is -0.565. The highest BCUT2D eigenvalue weighted by Gasteiger charge is 2.16. The van der Waals surface area contributed by atoms with E-state index < -0.39 is 11.2 Å². The Morgan fingerprint density at radius 3 is 2.83 bits per heavy atom. The third kappa shape index (κ3) is 3.49. The van der Waals surface area contributed by atoms with Crippen molar-refractivity contribution in [3.05, 3.63) is 56.7 Å². The average Bonchev–Trinajstić information content (AvgIpc) is 3.45. The number of carbonyl (C=O) groups excluding carboxylic acids is 1. The van der Waals surface area contributed by atoms with E-state index in [1.54, 1.807) is 10.9 Å². The number of rotatable bonds is 6. The van der Waals surface area contributed by atoms with Crippen LogP contribution in [0.2, 0.25) is 0 Å². The molecule has 0 aliphatic carbocycles. The molecule has 29 heavy (non-hydrogen) atoms. The second-order valence-electron chi connectivity index (χ2n) is 6.42. The molecule has 4 aromatic rings. The standard InChI is InChI=1S/C17H18N8O3S/c1-22-14-13(15(27)23(2)17(22)28)24(10-19-14)8-12(26)18-6-4-11-9-29-16(21-11)25-7-3-5-20-25/h3,5,7,9-10H,4,6,8H2,1-2H3,(H,18,26). The fourth-order valence-corrected chi connectivity index (χ4v) is 3.75. The topological polar surface area (TPSA) is 122 Å². The number of aromatic nitrogens is 7. The number of hydrogen-bond acceptors (Lipinski definition) is 7. The zero-order chi connectivity index (χ0) is 20.5. The molecule has 0 unspecified atom stereocenters. The van der Waals surface area contributed by atoms with Crippen molar-refractivity contribution in [3.8, 4) is 5.13 Å². The van der Waals surface area contributed by atoms with Gasteiger partial charge in [0.25, 0.3) is 5.56 Å². The van der Waals surface area contributed by atoms with E-state index >= 15 is 0 Å². The second-order valence-corrected chi connectivity index (χ2v) is 7.26. The smallest absolute Gasteiger partial charge is 0.332 e. The molecule has 1 amide bonds. The third-order valence-corrected chi connectivity index (χ3v) is 5.35. The van der Waals surface area contributed by atoms with Crippen LogP contribution in [0.25, 0.3) is 16.3 Å². The number of nitrogens with one attached hydrogen (secondary N) is 1. The van der Waals surface area contributed by atoms with Crippen LogP contribution in [0.5, 0.6) is 0 Å². The molecule has 0 spiro atoms. The summed E-state index contributed by atoms with van der Waals surface area (Å²) in [6.45, 7) is 0.337. The summed E-state index contributed by atoms with van der Waals surface area (Å²) in [5, 5.41) is 9.65. The molecule has 0 radical (unpaired) electrons. The lowest BCUT2D eigenvalue weighted by Gasteiger charge is -2.07. The van der Waals surface area contributed by atoms with Crippen molar-refractivity contribution in [2.45, 2.75) is 13.0 Å². The maximum Gasteiger partial charge on any atom is 0.332 e. The Hall–Kier alpha value is -3.54. The Kier molecular flexibility index (Phi) is 4.84. The summed E-state index contributed by atoms with van der Waals surface area (Å²) >= 11 is 1.48. The number of imidazole rings is 1. The fraction of sp³-hybridized carbons (Fsp3) is 0.294. The van der Waals surface area contributed by atoms with Gasteiger partial charge in [0.1, 0.15) is 6.54 Å². The van der Waals surface area contributed by atoms with Crippen LogP contribution in [0.1, 0.15) is 5.69 Å². The lowest BCUT2D eigenvalue weighted by Crippen LogP contribution is -2.38. The summed E-state index contributed by atoms with van der Waals surface area (Å²) < 4.78 is 5.41. The summed E-state index contributed by atoms with van der Waals surface area (Å²) in [4.78, 5) is 45.3. The molecule has 11 nitrogen and oxygen atoms in total. The van der Waals surface area contributed by atoms with Crippen molar-refractivity contribution >= 4 is 28.4 Å². The largest absolute Gasteiger partial charge is 0.354 e. The molecule has 0 aliphatic heterocycles. The van der Waals surface area contributed by atoms with Gasteiger partial charge in [0.2, 0.25) is 11.0 Å². The number of carbonyl (C=O) groups is 1. The molecule has 0 atom stereocenters. The number of fused-ring (bicyclic) bond motifs is 1. The van der Waals surface area contributed by atoms with E-state index in [1.807, 2.05) is 17.6 Å². The van der Waals surface area contributed by atoms with Gasteiger partial charge in [-0.25, -0.2) is 19.4 Å².